The van der Waals surface area contributed by atoms with E-state index in [1.54, 1.807) is 12.1 Å². The van der Waals surface area contributed by atoms with Crippen molar-refractivity contribution in [3.8, 4) is 5.75 Å². The molecule has 0 aromatic heterocycles. The summed E-state index contributed by atoms with van der Waals surface area (Å²) in [6.07, 6.45) is 0. The van der Waals surface area contributed by atoms with E-state index in [0.29, 0.717) is 24.4 Å². The number of carboxylic acid groups (broad SMARTS) is 1. The Morgan fingerprint density at radius 2 is 1.90 bits per heavy atom. The van der Waals surface area contributed by atoms with E-state index in [1.807, 2.05) is 0 Å². The van der Waals surface area contributed by atoms with Crippen molar-refractivity contribution < 1.29 is 14.6 Å². The number of hydrogen-bond donors (Lipinski definition) is 2. The summed E-state index contributed by atoms with van der Waals surface area (Å²) >= 11 is 0. The second-order valence-corrected chi connectivity index (χ2v) is 5.33. The maximum Gasteiger partial charge on any atom is 0.337 e. The third-order valence-corrected chi connectivity index (χ3v) is 3.20. The second-order valence-electron chi connectivity index (χ2n) is 5.33. The van der Waals surface area contributed by atoms with Crippen molar-refractivity contribution in [2.45, 2.75) is 39.8 Å². The average molecular weight is 280 g/mol. The van der Waals surface area contributed by atoms with Gasteiger partial charge in [-0.05, 0) is 39.8 Å². The molecule has 0 fully saturated rings. The standard InChI is InChI=1S/C15H24N2O3/c1-10(2)17(11(3)4)7-8-20-12-5-6-13(15(18)19)14(16)9-12/h5-6,9-11H,7-8,16H2,1-4H3,(H,18,19). The molecular formula is C15H24N2O3. The summed E-state index contributed by atoms with van der Waals surface area (Å²) < 4.78 is 5.64. The van der Waals surface area contributed by atoms with Crippen LogP contribution in [0.15, 0.2) is 18.2 Å². The van der Waals surface area contributed by atoms with Gasteiger partial charge in [0.25, 0.3) is 0 Å². The van der Waals surface area contributed by atoms with Crippen LogP contribution in [0.3, 0.4) is 0 Å². The lowest BCUT2D eigenvalue weighted by molar-refractivity contribution is 0.0698. The fraction of sp³-hybridized carbons (Fsp3) is 0.533. The molecule has 0 amide bonds. The first-order valence-corrected chi connectivity index (χ1v) is 6.84. The van der Waals surface area contributed by atoms with E-state index in [4.69, 9.17) is 15.6 Å². The average Bonchev–Trinajstić information content (AvgIpc) is 2.33. The van der Waals surface area contributed by atoms with Crippen LogP contribution >= 0.6 is 0 Å². The molecule has 0 bridgehead atoms. The van der Waals surface area contributed by atoms with Crippen LogP contribution in [0.1, 0.15) is 38.1 Å². The molecule has 1 aromatic carbocycles. The highest BCUT2D eigenvalue weighted by Gasteiger charge is 2.13. The lowest BCUT2D eigenvalue weighted by atomic mass is 10.2. The van der Waals surface area contributed by atoms with E-state index < -0.39 is 5.97 Å². The molecule has 0 saturated carbocycles. The fourth-order valence-corrected chi connectivity index (χ4v) is 2.21. The zero-order valence-corrected chi connectivity index (χ0v) is 12.6. The molecule has 5 heteroatoms. The normalized spacial score (nSPS) is 11.3. The minimum atomic E-state index is -1.03. The number of carbonyl (C=O) groups is 1. The van der Waals surface area contributed by atoms with Crippen LogP contribution in [0.5, 0.6) is 5.75 Å². The fourth-order valence-electron chi connectivity index (χ4n) is 2.21. The third kappa shape index (κ3) is 4.42. The van der Waals surface area contributed by atoms with Crippen LogP contribution in [0.2, 0.25) is 0 Å². The van der Waals surface area contributed by atoms with Gasteiger partial charge in [-0.1, -0.05) is 0 Å². The van der Waals surface area contributed by atoms with Crippen molar-refractivity contribution in [3.05, 3.63) is 23.8 Å². The molecule has 0 atom stereocenters. The van der Waals surface area contributed by atoms with E-state index in [-0.39, 0.29) is 11.3 Å². The van der Waals surface area contributed by atoms with Crippen LogP contribution in [0.4, 0.5) is 5.69 Å². The van der Waals surface area contributed by atoms with Gasteiger partial charge in [0.1, 0.15) is 12.4 Å². The van der Waals surface area contributed by atoms with E-state index in [1.165, 1.54) is 6.07 Å². The Hall–Kier alpha value is -1.75. The van der Waals surface area contributed by atoms with Gasteiger partial charge in [0, 0.05) is 30.4 Å². The summed E-state index contributed by atoms with van der Waals surface area (Å²) in [5.74, 6) is -0.431. The smallest absolute Gasteiger partial charge is 0.337 e. The molecule has 3 N–H and O–H groups in total. The van der Waals surface area contributed by atoms with Gasteiger partial charge in [0.05, 0.1) is 5.56 Å². The Kier molecular flexibility index (Phi) is 5.82. The van der Waals surface area contributed by atoms with Gasteiger partial charge < -0.3 is 15.6 Å². The summed E-state index contributed by atoms with van der Waals surface area (Å²) in [4.78, 5) is 13.2. The Balaban J connectivity index is 2.58. The zero-order chi connectivity index (χ0) is 15.3. The molecule has 1 aromatic rings. The highest BCUT2D eigenvalue weighted by atomic mass is 16.5. The summed E-state index contributed by atoms with van der Waals surface area (Å²) in [5, 5.41) is 8.90. The largest absolute Gasteiger partial charge is 0.492 e. The van der Waals surface area contributed by atoms with Gasteiger partial charge in [-0.15, -0.1) is 0 Å². The molecule has 0 aliphatic rings. The number of aromatic carboxylic acids is 1. The molecule has 0 aliphatic carbocycles. The lowest BCUT2D eigenvalue weighted by Gasteiger charge is -2.30. The molecule has 5 nitrogen and oxygen atoms in total. The molecule has 0 spiro atoms. The Morgan fingerprint density at radius 3 is 2.35 bits per heavy atom. The number of hydrogen-bond acceptors (Lipinski definition) is 4. The summed E-state index contributed by atoms with van der Waals surface area (Å²) in [7, 11) is 0. The highest BCUT2D eigenvalue weighted by molar-refractivity contribution is 5.93. The maximum absolute atomic E-state index is 10.9. The lowest BCUT2D eigenvalue weighted by Crippen LogP contribution is -2.39. The Bertz CT molecular complexity index is 450. The number of nitrogen functional groups attached to an aromatic ring is 1. The zero-order valence-electron chi connectivity index (χ0n) is 12.6. The first kappa shape index (κ1) is 16.3. The summed E-state index contributed by atoms with van der Waals surface area (Å²) in [6.45, 7) is 9.97. The van der Waals surface area contributed by atoms with Gasteiger partial charge >= 0.3 is 5.97 Å². The molecule has 0 saturated heterocycles. The van der Waals surface area contributed by atoms with Crippen LogP contribution in [-0.2, 0) is 0 Å². The second kappa shape index (κ2) is 7.14. The molecular weight excluding hydrogens is 256 g/mol. The number of nitrogens with zero attached hydrogens (tertiary/aromatic N) is 1. The van der Waals surface area contributed by atoms with Crippen LogP contribution in [0, 0.1) is 0 Å². The predicted molar refractivity (Wildman–Crippen MR) is 80.3 cm³/mol. The van der Waals surface area contributed by atoms with Gasteiger partial charge in [0.15, 0.2) is 0 Å². The Labute approximate surface area is 120 Å². The number of ether oxygens (including phenoxy) is 1. The number of benzene rings is 1. The van der Waals surface area contributed by atoms with Gasteiger partial charge in [0.2, 0.25) is 0 Å². The number of rotatable bonds is 7. The number of carboxylic acids is 1. The number of anilines is 1. The minimum absolute atomic E-state index is 0.100. The van der Waals surface area contributed by atoms with Crippen molar-refractivity contribution in [3.63, 3.8) is 0 Å². The molecule has 20 heavy (non-hydrogen) atoms. The monoisotopic (exact) mass is 280 g/mol. The maximum atomic E-state index is 10.9. The van der Waals surface area contributed by atoms with E-state index in [9.17, 15) is 4.79 Å². The van der Waals surface area contributed by atoms with Crippen molar-refractivity contribution in [1.29, 1.82) is 0 Å². The summed E-state index contributed by atoms with van der Waals surface area (Å²) in [5.41, 5.74) is 6.00. The van der Waals surface area contributed by atoms with Gasteiger partial charge in [-0.3, -0.25) is 4.90 Å². The molecule has 0 heterocycles. The molecule has 0 aliphatic heterocycles. The Morgan fingerprint density at radius 1 is 1.30 bits per heavy atom. The third-order valence-electron chi connectivity index (χ3n) is 3.20. The van der Waals surface area contributed by atoms with E-state index in [0.717, 1.165) is 6.54 Å². The molecule has 0 unspecified atom stereocenters. The van der Waals surface area contributed by atoms with Crippen LogP contribution in [-0.4, -0.2) is 41.2 Å². The topological polar surface area (TPSA) is 75.8 Å². The highest BCUT2D eigenvalue weighted by Crippen LogP contribution is 2.20. The number of nitrogens with two attached hydrogens (primary N) is 1. The first-order chi connectivity index (χ1) is 9.32. The van der Waals surface area contributed by atoms with Crippen LogP contribution in [0.25, 0.3) is 0 Å². The van der Waals surface area contributed by atoms with Crippen LogP contribution < -0.4 is 10.5 Å². The van der Waals surface area contributed by atoms with Crippen molar-refractivity contribution in [2.24, 2.45) is 0 Å². The SMILES string of the molecule is CC(C)N(CCOc1ccc(C(=O)O)c(N)c1)C(C)C. The predicted octanol–water partition coefficient (Wildman–Crippen LogP) is 2.46. The van der Waals surface area contributed by atoms with Crippen molar-refractivity contribution in [2.75, 3.05) is 18.9 Å². The van der Waals surface area contributed by atoms with E-state index in [2.05, 4.69) is 32.6 Å². The molecule has 112 valence electrons. The molecule has 0 radical (unpaired) electrons. The van der Waals surface area contributed by atoms with Gasteiger partial charge in [-0.2, -0.15) is 0 Å². The van der Waals surface area contributed by atoms with Crippen molar-refractivity contribution >= 4 is 11.7 Å². The first-order valence-electron chi connectivity index (χ1n) is 6.84. The van der Waals surface area contributed by atoms with Gasteiger partial charge in [-0.25, -0.2) is 4.79 Å². The van der Waals surface area contributed by atoms with Crippen molar-refractivity contribution in [1.82, 2.24) is 4.90 Å². The molecule has 1 rings (SSSR count). The quantitative estimate of drug-likeness (QED) is 0.750. The van der Waals surface area contributed by atoms with E-state index >= 15 is 0 Å². The summed E-state index contributed by atoms with van der Waals surface area (Å²) in [6, 6.07) is 5.57. The minimum Gasteiger partial charge on any atom is -0.492 e.